The van der Waals surface area contributed by atoms with Gasteiger partial charge in [0.1, 0.15) is 0 Å². The fourth-order valence-corrected chi connectivity index (χ4v) is 2.02. The van der Waals surface area contributed by atoms with Crippen LogP contribution in [0.25, 0.3) is 0 Å². The van der Waals surface area contributed by atoms with Crippen LogP contribution in [0, 0.1) is 0 Å². The van der Waals surface area contributed by atoms with Crippen molar-refractivity contribution in [3.05, 3.63) is 35.9 Å². The second-order valence-electron chi connectivity index (χ2n) is 4.68. The summed E-state index contributed by atoms with van der Waals surface area (Å²) < 4.78 is 0. The summed E-state index contributed by atoms with van der Waals surface area (Å²) in [6, 6.07) is 10.2. The van der Waals surface area contributed by atoms with Crippen LogP contribution >= 0.6 is 0 Å². The molecule has 1 saturated heterocycles. The standard InChI is InChI=1S/C13H17NO.C2H5NO/c15-13(14-10-4-5-11-14)9-8-12-6-2-1-3-7-12;1-2(3)4/h1-3,6-7H,4-5,8-11H2;1H3,(H2,3,4). The molecule has 1 aromatic rings. The molecule has 0 unspecified atom stereocenters. The van der Waals surface area contributed by atoms with Crippen molar-refractivity contribution in [2.24, 2.45) is 5.73 Å². The molecular weight excluding hydrogens is 240 g/mol. The molecule has 104 valence electrons. The Kier molecular flexibility index (Phi) is 6.64. The van der Waals surface area contributed by atoms with E-state index in [4.69, 9.17) is 0 Å². The molecule has 2 rings (SSSR count). The molecule has 2 N–H and O–H groups in total. The van der Waals surface area contributed by atoms with Crippen molar-refractivity contribution in [2.45, 2.75) is 32.6 Å². The Hall–Kier alpha value is -1.84. The summed E-state index contributed by atoms with van der Waals surface area (Å²) in [5, 5.41) is 0. The van der Waals surface area contributed by atoms with E-state index in [9.17, 15) is 9.59 Å². The van der Waals surface area contributed by atoms with Gasteiger partial charge in [0.25, 0.3) is 0 Å². The summed E-state index contributed by atoms with van der Waals surface area (Å²) in [7, 11) is 0. The third kappa shape index (κ3) is 6.60. The lowest BCUT2D eigenvalue weighted by Crippen LogP contribution is -2.27. The van der Waals surface area contributed by atoms with Gasteiger partial charge in [0, 0.05) is 26.4 Å². The van der Waals surface area contributed by atoms with Crippen molar-refractivity contribution in [2.75, 3.05) is 13.1 Å². The lowest BCUT2D eigenvalue weighted by atomic mass is 10.1. The van der Waals surface area contributed by atoms with Gasteiger partial charge in [-0.3, -0.25) is 9.59 Å². The summed E-state index contributed by atoms with van der Waals surface area (Å²) in [5.74, 6) is -0.0173. The van der Waals surface area contributed by atoms with Crippen LogP contribution in [-0.4, -0.2) is 29.8 Å². The molecule has 0 spiro atoms. The van der Waals surface area contributed by atoms with Crippen molar-refractivity contribution in [3.8, 4) is 0 Å². The fraction of sp³-hybridized carbons (Fsp3) is 0.467. The first-order valence-electron chi connectivity index (χ1n) is 6.67. The number of hydrogen-bond acceptors (Lipinski definition) is 2. The topological polar surface area (TPSA) is 63.4 Å². The largest absolute Gasteiger partial charge is 0.370 e. The Morgan fingerprint density at radius 3 is 2.21 bits per heavy atom. The van der Waals surface area contributed by atoms with Gasteiger partial charge in [-0.2, -0.15) is 0 Å². The second kappa shape index (κ2) is 8.29. The van der Waals surface area contributed by atoms with E-state index in [-0.39, 0.29) is 5.91 Å². The molecule has 19 heavy (non-hydrogen) atoms. The maximum Gasteiger partial charge on any atom is 0.222 e. The van der Waals surface area contributed by atoms with Gasteiger partial charge in [-0.1, -0.05) is 30.3 Å². The lowest BCUT2D eigenvalue weighted by Gasteiger charge is -2.14. The van der Waals surface area contributed by atoms with Crippen LogP contribution < -0.4 is 5.73 Å². The summed E-state index contributed by atoms with van der Waals surface area (Å²) in [4.78, 5) is 23.0. The summed E-state index contributed by atoms with van der Waals surface area (Å²) in [6.07, 6.45) is 3.88. The van der Waals surface area contributed by atoms with Gasteiger partial charge < -0.3 is 10.6 Å². The summed E-state index contributed by atoms with van der Waals surface area (Å²) >= 11 is 0. The van der Waals surface area contributed by atoms with Crippen molar-refractivity contribution >= 4 is 11.8 Å². The van der Waals surface area contributed by atoms with Gasteiger partial charge in [0.05, 0.1) is 0 Å². The molecule has 0 bridgehead atoms. The molecule has 4 nitrogen and oxygen atoms in total. The zero-order valence-electron chi connectivity index (χ0n) is 11.5. The van der Waals surface area contributed by atoms with E-state index in [1.807, 2.05) is 23.1 Å². The molecule has 0 aromatic heterocycles. The first-order chi connectivity index (χ1) is 9.09. The SMILES string of the molecule is CC(N)=O.O=C(CCc1ccccc1)N1CCCC1. The Balaban J connectivity index is 0.000000399. The highest BCUT2D eigenvalue weighted by Crippen LogP contribution is 2.11. The lowest BCUT2D eigenvalue weighted by molar-refractivity contribution is -0.130. The molecule has 1 fully saturated rings. The number of benzene rings is 1. The molecule has 1 heterocycles. The maximum atomic E-state index is 11.7. The predicted molar refractivity (Wildman–Crippen MR) is 75.4 cm³/mol. The van der Waals surface area contributed by atoms with E-state index >= 15 is 0 Å². The van der Waals surface area contributed by atoms with Crippen LogP contribution in [-0.2, 0) is 16.0 Å². The Morgan fingerprint density at radius 1 is 1.16 bits per heavy atom. The minimum absolute atomic E-state index is 0.316. The van der Waals surface area contributed by atoms with E-state index in [0.29, 0.717) is 12.3 Å². The maximum absolute atomic E-state index is 11.7. The van der Waals surface area contributed by atoms with E-state index in [0.717, 1.165) is 19.5 Å². The normalized spacial score (nSPS) is 13.6. The van der Waals surface area contributed by atoms with Crippen LogP contribution in [0.2, 0.25) is 0 Å². The second-order valence-corrected chi connectivity index (χ2v) is 4.68. The number of amides is 2. The molecule has 1 aliphatic heterocycles. The van der Waals surface area contributed by atoms with Gasteiger partial charge in [0.2, 0.25) is 11.8 Å². The molecule has 1 aromatic carbocycles. The third-order valence-corrected chi connectivity index (χ3v) is 2.93. The number of hydrogen-bond donors (Lipinski definition) is 1. The van der Waals surface area contributed by atoms with Gasteiger partial charge in [0.15, 0.2) is 0 Å². The van der Waals surface area contributed by atoms with Crippen molar-refractivity contribution < 1.29 is 9.59 Å². The molecule has 2 amide bonds. The minimum atomic E-state index is -0.333. The number of carbonyl (C=O) groups excluding carboxylic acids is 2. The number of nitrogens with zero attached hydrogens (tertiary/aromatic N) is 1. The minimum Gasteiger partial charge on any atom is -0.370 e. The highest BCUT2D eigenvalue weighted by atomic mass is 16.2. The molecule has 0 aliphatic carbocycles. The van der Waals surface area contributed by atoms with E-state index in [1.165, 1.54) is 25.3 Å². The third-order valence-electron chi connectivity index (χ3n) is 2.93. The van der Waals surface area contributed by atoms with Gasteiger partial charge >= 0.3 is 0 Å². The van der Waals surface area contributed by atoms with Crippen LogP contribution in [0.4, 0.5) is 0 Å². The van der Waals surface area contributed by atoms with Gasteiger partial charge in [-0.25, -0.2) is 0 Å². The van der Waals surface area contributed by atoms with Crippen molar-refractivity contribution in [3.63, 3.8) is 0 Å². The number of likely N-dealkylation sites (tertiary alicyclic amines) is 1. The summed E-state index contributed by atoms with van der Waals surface area (Å²) in [5.41, 5.74) is 5.73. The first-order valence-corrected chi connectivity index (χ1v) is 6.67. The molecule has 4 heteroatoms. The van der Waals surface area contributed by atoms with E-state index in [1.54, 1.807) is 0 Å². The number of primary amides is 1. The van der Waals surface area contributed by atoms with Crippen LogP contribution in [0.3, 0.4) is 0 Å². The Morgan fingerprint density at radius 2 is 1.68 bits per heavy atom. The molecule has 0 saturated carbocycles. The Bertz CT molecular complexity index is 394. The highest BCUT2D eigenvalue weighted by Gasteiger charge is 2.16. The van der Waals surface area contributed by atoms with Crippen molar-refractivity contribution in [1.29, 1.82) is 0 Å². The first kappa shape index (κ1) is 15.2. The number of nitrogens with two attached hydrogens (primary N) is 1. The molecule has 0 atom stereocenters. The van der Waals surface area contributed by atoms with Gasteiger partial charge in [-0.15, -0.1) is 0 Å². The number of rotatable bonds is 3. The molecule has 1 aliphatic rings. The smallest absolute Gasteiger partial charge is 0.222 e. The molecule has 0 radical (unpaired) electrons. The average Bonchev–Trinajstić information content (AvgIpc) is 2.90. The quantitative estimate of drug-likeness (QED) is 0.901. The Labute approximate surface area is 114 Å². The van der Waals surface area contributed by atoms with Crippen LogP contribution in [0.1, 0.15) is 31.7 Å². The monoisotopic (exact) mass is 262 g/mol. The zero-order valence-corrected chi connectivity index (χ0v) is 11.5. The van der Waals surface area contributed by atoms with E-state index in [2.05, 4.69) is 17.9 Å². The van der Waals surface area contributed by atoms with Crippen LogP contribution in [0.15, 0.2) is 30.3 Å². The summed E-state index contributed by atoms with van der Waals surface area (Å²) in [6.45, 7) is 3.24. The van der Waals surface area contributed by atoms with E-state index < -0.39 is 0 Å². The van der Waals surface area contributed by atoms with Crippen molar-refractivity contribution in [1.82, 2.24) is 4.90 Å². The average molecular weight is 262 g/mol. The molecular formula is C15H22N2O2. The van der Waals surface area contributed by atoms with Gasteiger partial charge in [-0.05, 0) is 24.8 Å². The van der Waals surface area contributed by atoms with Crippen LogP contribution in [0.5, 0.6) is 0 Å². The zero-order chi connectivity index (χ0) is 14.1. The number of aryl methyl sites for hydroxylation is 1. The fourth-order valence-electron chi connectivity index (χ4n) is 2.02. The highest BCUT2D eigenvalue weighted by molar-refractivity contribution is 5.76. The predicted octanol–water partition coefficient (Wildman–Crippen LogP) is 1.73. The number of carbonyl (C=O) groups is 2.